The van der Waals surface area contributed by atoms with Crippen LogP contribution in [-0.4, -0.2) is 21.7 Å². The van der Waals surface area contributed by atoms with Crippen molar-refractivity contribution in [1.29, 1.82) is 5.41 Å². The Morgan fingerprint density at radius 2 is 1.88 bits per heavy atom. The van der Waals surface area contributed by atoms with Gasteiger partial charge in [-0.25, -0.2) is 4.79 Å². The number of ether oxygens (including phenoxy) is 1. The average Bonchev–Trinajstić information content (AvgIpc) is 2.58. The fourth-order valence-corrected chi connectivity index (χ4v) is 2.94. The van der Waals surface area contributed by atoms with Gasteiger partial charge in [0.2, 0.25) is 0 Å². The largest absolute Gasteiger partial charge is 0.445 e. The molecule has 9 heteroatoms. The molecule has 0 spiro atoms. The summed E-state index contributed by atoms with van der Waals surface area (Å²) < 4.78 is 16.8. The number of carbonyl (C=O) groups is 1. The SMILES string of the molecule is N=C(N)c1cccc(C(NC(=O)OCc2ccccc2)P(=O)(O)O)c1. The molecule has 1 unspecified atom stereocenters. The number of amides is 1. The monoisotopic (exact) mass is 363 g/mol. The first kappa shape index (κ1) is 18.7. The Hall–Kier alpha value is -2.67. The molecule has 132 valence electrons. The molecule has 2 aromatic rings. The highest BCUT2D eigenvalue weighted by Gasteiger charge is 2.32. The third kappa shape index (κ3) is 5.42. The predicted octanol–water partition coefficient (Wildman–Crippen LogP) is 2.07. The second kappa shape index (κ2) is 7.94. The number of nitrogen functional groups attached to an aromatic ring is 1. The maximum absolute atomic E-state index is 11.9. The molecule has 0 aliphatic heterocycles. The number of rotatable bonds is 6. The van der Waals surface area contributed by atoms with Gasteiger partial charge in [0, 0.05) is 5.56 Å². The van der Waals surface area contributed by atoms with Crippen LogP contribution in [0.15, 0.2) is 54.6 Å². The van der Waals surface area contributed by atoms with Crippen LogP contribution in [0.4, 0.5) is 4.79 Å². The minimum atomic E-state index is -4.72. The van der Waals surface area contributed by atoms with Gasteiger partial charge in [0.1, 0.15) is 12.4 Å². The molecule has 8 nitrogen and oxygen atoms in total. The van der Waals surface area contributed by atoms with Gasteiger partial charge in [-0.2, -0.15) is 0 Å². The van der Waals surface area contributed by atoms with Crippen LogP contribution < -0.4 is 11.1 Å². The van der Waals surface area contributed by atoms with Crippen LogP contribution in [0, 0.1) is 5.41 Å². The van der Waals surface area contributed by atoms with Gasteiger partial charge in [0.05, 0.1) is 0 Å². The van der Waals surface area contributed by atoms with E-state index in [1.54, 1.807) is 24.3 Å². The summed E-state index contributed by atoms with van der Waals surface area (Å²) in [5.74, 6) is -1.85. The smallest absolute Gasteiger partial charge is 0.408 e. The second-order valence-corrected chi connectivity index (χ2v) is 6.93. The summed E-state index contributed by atoms with van der Waals surface area (Å²) in [6.07, 6.45) is -0.967. The standard InChI is InChI=1S/C16H18N3O5P/c17-14(18)12-7-4-8-13(9-12)15(25(21,22)23)19-16(20)24-10-11-5-2-1-3-6-11/h1-9,15H,10H2,(H3,17,18)(H,19,20)(H2,21,22,23). The Balaban J connectivity index is 2.13. The predicted molar refractivity (Wildman–Crippen MR) is 92.0 cm³/mol. The van der Waals surface area contributed by atoms with Crippen LogP contribution in [0.5, 0.6) is 0 Å². The lowest BCUT2D eigenvalue weighted by Crippen LogP contribution is -2.29. The number of hydrogen-bond acceptors (Lipinski definition) is 4. The van der Waals surface area contributed by atoms with Crippen LogP contribution in [0.3, 0.4) is 0 Å². The summed E-state index contributed by atoms with van der Waals surface area (Å²) in [4.78, 5) is 31.0. The fourth-order valence-electron chi connectivity index (χ4n) is 2.11. The lowest BCUT2D eigenvalue weighted by atomic mass is 10.1. The summed E-state index contributed by atoms with van der Waals surface area (Å²) in [7, 11) is -4.72. The molecular formula is C16H18N3O5P. The molecule has 6 N–H and O–H groups in total. The number of amidine groups is 1. The summed E-state index contributed by atoms with van der Waals surface area (Å²) in [6.45, 7) is -0.0337. The van der Waals surface area contributed by atoms with Gasteiger partial charge in [-0.3, -0.25) is 9.97 Å². The average molecular weight is 363 g/mol. The van der Waals surface area contributed by atoms with E-state index in [-0.39, 0.29) is 23.6 Å². The van der Waals surface area contributed by atoms with Crippen LogP contribution in [0.2, 0.25) is 0 Å². The number of carbonyl (C=O) groups excluding carboxylic acids is 1. The molecule has 0 aromatic heterocycles. The number of alkyl carbamates (subject to hydrolysis) is 1. The minimum Gasteiger partial charge on any atom is -0.445 e. The van der Waals surface area contributed by atoms with E-state index < -0.39 is 19.5 Å². The molecule has 0 aliphatic carbocycles. The molecule has 0 bridgehead atoms. The Bertz CT molecular complexity index is 806. The van der Waals surface area contributed by atoms with Gasteiger partial charge in [-0.05, 0) is 17.2 Å². The lowest BCUT2D eigenvalue weighted by Gasteiger charge is -2.20. The van der Waals surface area contributed by atoms with Gasteiger partial charge in [-0.15, -0.1) is 0 Å². The topological polar surface area (TPSA) is 146 Å². The summed E-state index contributed by atoms with van der Waals surface area (Å²) in [6, 6.07) is 14.7. The van der Waals surface area contributed by atoms with E-state index >= 15 is 0 Å². The highest BCUT2D eigenvalue weighted by molar-refractivity contribution is 7.52. The molecule has 1 amide bonds. The van der Waals surface area contributed by atoms with Crippen molar-refractivity contribution in [3.63, 3.8) is 0 Å². The van der Waals surface area contributed by atoms with Crippen molar-refractivity contribution in [3.8, 4) is 0 Å². The molecule has 0 heterocycles. The number of nitrogens with one attached hydrogen (secondary N) is 2. The molecule has 25 heavy (non-hydrogen) atoms. The summed E-state index contributed by atoms with van der Waals surface area (Å²) in [5, 5.41) is 9.58. The van der Waals surface area contributed by atoms with Crippen LogP contribution in [0.25, 0.3) is 0 Å². The highest BCUT2D eigenvalue weighted by atomic mass is 31.2. The van der Waals surface area contributed by atoms with Crippen LogP contribution >= 0.6 is 7.60 Å². The number of hydrogen-bond donors (Lipinski definition) is 5. The van der Waals surface area contributed by atoms with Gasteiger partial charge in [0.25, 0.3) is 0 Å². The lowest BCUT2D eigenvalue weighted by molar-refractivity contribution is 0.137. The molecule has 0 radical (unpaired) electrons. The number of benzene rings is 2. The zero-order valence-corrected chi connectivity index (χ0v) is 14.0. The number of nitrogens with two attached hydrogens (primary N) is 1. The Morgan fingerprint density at radius 3 is 2.48 bits per heavy atom. The van der Waals surface area contributed by atoms with Gasteiger partial charge in [0.15, 0.2) is 5.78 Å². The molecule has 2 aromatic carbocycles. The summed E-state index contributed by atoms with van der Waals surface area (Å²) in [5.41, 5.74) is 6.53. The van der Waals surface area contributed by atoms with Crippen molar-refractivity contribution in [2.45, 2.75) is 12.4 Å². The van der Waals surface area contributed by atoms with E-state index in [0.717, 1.165) is 5.56 Å². The van der Waals surface area contributed by atoms with Crippen molar-refractivity contribution < 1.29 is 23.9 Å². The molecule has 0 aliphatic rings. The molecule has 0 saturated heterocycles. The van der Waals surface area contributed by atoms with Crippen LogP contribution in [-0.2, 0) is 15.9 Å². The molecule has 1 atom stereocenters. The molecule has 0 saturated carbocycles. The molecular weight excluding hydrogens is 345 g/mol. The Morgan fingerprint density at radius 1 is 1.20 bits per heavy atom. The maximum Gasteiger partial charge on any atom is 0.408 e. The second-order valence-electron chi connectivity index (χ2n) is 5.24. The highest BCUT2D eigenvalue weighted by Crippen LogP contribution is 2.50. The Kier molecular flexibility index (Phi) is 5.93. The van der Waals surface area contributed by atoms with Gasteiger partial charge < -0.3 is 25.6 Å². The fraction of sp³-hybridized carbons (Fsp3) is 0.125. The normalized spacial score (nSPS) is 12.2. The molecule has 2 rings (SSSR count). The van der Waals surface area contributed by atoms with E-state index in [2.05, 4.69) is 5.32 Å². The first-order chi connectivity index (χ1) is 11.8. The zero-order chi connectivity index (χ0) is 18.4. The van der Waals surface area contributed by atoms with Crippen molar-refractivity contribution in [1.82, 2.24) is 5.32 Å². The third-order valence-electron chi connectivity index (χ3n) is 3.32. The van der Waals surface area contributed by atoms with E-state index in [1.807, 2.05) is 6.07 Å². The third-order valence-corrected chi connectivity index (χ3v) is 4.42. The van der Waals surface area contributed by atoms with E-state index in [1.165, 1.54) is 24.3 Å². The minimum absolute atomic E-state index is 0.0337. The van der Waals surface area contributed by atoms with Crippen molar-refractivity contribution in [2.75, 3.05) is 0 Å². The maximum atomic E-state index is 11.9. The van der Waals surface area contributed by atoms with E-state index in [4.69, 9.17) is 15.9 Å². The first-order valence-electron chi connectivity index (χ1n) is 7.24. The van der Waals surface area contributed by atoms with Crippen molar-refractivity contribution >= 4 is 19.5 Å². The first-order valence-corrected chi connectivity index (χ1v) is 8.92. The zero-order valence-electron chi connectivity index (χ0n) is 13.1. The Labute approximate surface area is 144 Å². The van der Waals surface area contributed by atoms with Gasteiger partial charge in [-0.1, -0.05) is 48.5 Å². The van der Waals surface area contributed by atoms with Gasteiger partial charge >= 0.3 is 13.7 Å². The van der Waals surface area contributed by atoms with Crippen LogP contribution in [0.1, 0.15) is 22.5 Å². The van der Waals surface area contributed by atoms with E-state index in [9.17, 15) is 19.1 Å². The van der Waals surface area contributed by atoms with Crippen molar-refractivity contribution in [3.05, 3.63) is 71.3 Å². The molecule has 0 fully saturated rings. The summed E-state index contributed by atoms with van der Waals surface area (Å²) >= 11 is 0. The quantitative estimate of drug-likeness (QED) is 0.302. The van der Waals surface area contributed by atoms with Crippen molar-refractivity contribution in [2.24, 2.45) is 5.73 Å². The van der Waals surface area contributed by atoms with E-state index in [0.29, 0.717) is 0 Å².